The van der Waals surface area contributed by atoms with Crippen LogP contribution in [0.3, 0.4) is 0 Å². The van der Waals surface area contributed by atoms with E-state index in [2.05, 4.69) is 0 Å². The highest BCUT2D eigenvalue weighted by molar-refractivity contribution is 7.13. The molecule has 0 aliphatic carbocycles. The van der Waals surface area contributed by atoms with E-state index in [1.54, 1.807) is 16.2 Å². The predicted molar refractivity (Wildman–Crippen MR) is 133 cm³/mol. The Morgan fingerprint density at radius 2 is 1.79 bits per heavy atom. The van der Waals surface area contributed by atoms with E-state index in [1.165, 1.54) is 0 Å². The van der Waals surface area contributed by atoms with Crippen LogP contribution in [0.1, 0.15) is 56.8 Å². The van der Waals surface area contributed by atoms with Crippen LogP contribution in [0.4, 0.5) is 0 Å². The Labute approximate surface area is 201 Å². The molecule has 0 fully saturated rings. The van der Waals surface area contributed by atoms with Gasteiger partial charge in [0.2, 0.25) is 0 Å². The first-order valence-corrected chi connectivity index (χ1v) is 12.1. The van der Waals surface area contributed by atoms with E-state index in [0.717, 1.165) is 23.3 Å². The molecule has 0 aliphatic heterocycles. The molecule has 5 nitrogen and oxygen atoms in total. The van der Waals surface area contributed by atoms with Crippen LogP contribution in [0.15, 0.2) is 66.0 Å². The normalized spacial score (nSPS) is 12.3. The van der Waals surface area contributed by atoms with Gasteiger partial charge in [-0.15, -0.1) is 11.3 Å². The summed E-state index contributed by atoms with van der Waals surface area (Å²) >= 11 is 1.65. The fourth-order valence-electron chi connectivity index (χ4n) is 3.42. The molecule has 174 valence electrons. The summed E-state index contributed by atoms with van der Waals surface area (Å²) in [5.74, 6) is -0.411. The molecule has 1 amide bonds. The fourth-order valence-corrected chi connectivity index (χ4v) is 4.15. The number of amides is 1. The van der Waals surface area contributed by atoms with Crippen molar-refractivity contribution in [3.8, 4) is 16.2 Å². The summed E-state index contributed by atoms with van der Waals surface area (Å²) in [6.45, 7) is 3.33. The molecule has 0 spiro atoms. The lowest BCUT2D eigenvalue weighted by atomic mass is 10.1. The summed E-state index contributed by atoms with van der Waals surface area (Å²) in [6, 6.07) is 18.7. The lowest BCUT2D eigenvalue weighted by Gasteiger charge is -2.28. The minimum Gasteiger partial charge on any atom is -0.493 e. The third-order valence-corrected chi connectivity index (χ3v) is 6.14. The number of rotatable bonds is 12. The first kappa shape index (κ1) is 23.1. The summed E-state index contributed by atoms with van der Waals surface area (Å²) in [7, 11) is 0. The van der Waals surface area contributed by atoms with Gasteiger partial charge in [-0.1, -0.05) is 36.4 Å². The number of thiophene rings is 1. The van der Waals surface area contributed by atoms with Crippen LogP contribution in [0.2, 0.25) is 0 Å². The summed E-state index contributed by atoms with van der Waals surface area (Å²) < 4.78 is 14.9. The number of para-hydroxylation sites is 1. The maximum absolute atomic E-state index is 13.4. The Morgan fingerprint density at radius 1 is 1.03 bits per heavy atom. The molecular weight excluding hydrogens is 434 g/mol. The number of aliphatic carboxylic acids is 1. The molecule has 2 aromatic carbocycles. The van der Waals surface area contributed by atoms with Crippen LogP contribution in [0.5, 0.6) is 5.75 Å². The maximum Gasteiger partial charge on any atom is 0.303 e. The third-order valence-electron chi connectivity index (χ3n) is 5.22. The van der Waals surface area contributed by atoms with Crippen molar-refractivity contribution in [3.05, 3.63) is 77.2 Å². The van der Waals surface area contributed by atoms with Gasteiger partial charge in [0.25, 0.3) is 5.91 Å². The predicted octanol–water partition coefficient (Wildman–Crippen LogP) is 6.49. The number of carbonyl (C=O) groups excluding carboxylic acids is 1. The van der Waals surface area contributed by atoms with Crippen molar-refractivity contribution in [3.63, 3.8) is 0 Å². The smallest absolute Gasteiger partial charge is 0.303 e. The van der Waals surface area contributed by atoms with Crippen LogP contribution in [-0.2, 0) is 11.3 Å². The van der Waals surface area contributed by atoms with Crippen molar-refractivity contribution < 1.29 is 20.8 Å². The topological polar surface area (TPSA) is 66.8 Å². The van der Waals surface area contributed by atoms with Crippen LogP contribution < -0.4 is 4.74 Å². The number of ether oxygens (including phenoxy) is 1. The van der Waals surface area contributed by atoms with Gasteiger partial charge in [-0.3, -0.25) is 9.59 Å². The number of benzene rings is 2. The minimum absolute atomic E-state index is 0.158. The van der Waals surface area contributed by atoms with Gasteiger partial charge < -0.3 is 14.7 Å². The van der Waals surface area contributed by atoms with E-state index in [-0.39, 0.29) is 18.4 Å². The highest BCUT2D eigenvalue weighted by Crippen LogP contribution is 2.26. The second-order valence-corrected chi connectivity index (χ2v) is 9.03. The van der Waals surface area contributed by atoms with Gasteiger partial charge in [0.1, 0.15) is 5.75 Å². The molecule has 0 bridgehead atoms. The monoisotopic (exact) mass is 466 g/mol. The second kappa shape index (κ2) is 12.2. The standard InChI is InChI=1S/C27H31NO4S/c1-20(2)28(27(31)22-15-13-21(14-16-22)25-11-8-18-33-25)19-23-9-5-6-10-24(23)32-17-7-3-4-12-26(29)30/h5-6,8-11,13-16,18,20H,3-4,7,12,17,19H2,1-2H3,(H,29,30)/i19D. The zero-order valence-corrected chi connectivity index (χ0v) is 19.9. The summed E-state index contributed by atoms with van der Waals surface area (Å²) in [5.41, 5.74) is 2.24. The molecule has 0 radical (unpaired) electrons. The molecule has 0 saturated heterocycles. The Morgan fingerprint density at radius 3 is 2.45 bits per heavy atom. The number of nitrogens with zero attached hydrogens (tertiary/aromatic N) is 1. The number of unbranched alkanes of at least 4 members (excludes halogenated alkanes) is 2. The molecule has 3 aromatic rings. The molecule has 1 atom stereocenters. The van der Waals surface area contributed by atoms with Gasteiger partial charge in [0, 0.05) is 35.0 Å². The molecule has 0 aliphatic rings. The molecular formula is C27H31NO4S. The largest absolute Gasteiger partial charge is 0.493 e. The lowest BCUT2D eigenvalue weighted by Crippen LogP contribution is -2.36. The number of carboxylic acids is 1. The van der Waals surface area contributed by atoms with Gasteiger partial charge >= 0.3 is 5.97 Å². The summed E-state index contributed by atoms with van der Waals surface area (Å²) in [4.78, 5) is 26.8. The first-order valence-electron chi connectivity index (χ1n) is 11.8. The molecule has 6 heteroatoms. The van der Waals surface area contributed by atoms with Crippen molar-refractivity contribution in [2.24, 2.45) is 0 Å². The molecule has 0 saturated carbocycles. The van der Waals surface area contributed by atoms with Crippen molar-refractivity contribution in [2.45, 2.75) is 52.1 Å². The van der Waals surface area contributed by atoms with Crippen molar-refractivity contribution in [1.29, 1.82) is 0 Å². The van der Waals surface area contributed by atoms with Gasteiger partial charge in [0.15, 0.2) is 0 Å². The third kappa shape index (κ3) is 7.19. The Kier molecular flexibility index (Phi) is 8.53. The Hall–Kier alpha value is -3.12. The quantitative estimate of drug-likeness (QED) is 0.310. The van der Waals surface area contributed by atoms with Crippen molar-refractivity contribution >= 4 is 23.2 Å². The van der Waals surface area contributed by atoms with Gasteiger partial charge in [-0.05, 0) is 68.3 Å². The molecule has 33 heavy (non-hydrogen) atoms. The molecule has 3 rings (SSSR count). The van der Waals surface area contributed by atoms with Crippen molar-refractivity contribution in [1.82, 2.24) is 4.90 Å². The highest BCUT2D eigenvalue weighted by Gasteiger charge is 2.21. The van der Waals surface area contributed by atoms with Crippen LogP contribution >= 0.6 is 11.3 Å². The van der Waals surface area contributed by atoms with E-state index < -0.39 is 12.5 Å². The number of hydrogen-bond acceptors (Lipinski definition) is 4. The molecule has 1 aromatic heterocycles. The van der Waals surface area contributed by atoms with E-state index >= 15 is 0 Å². The Bertz CT molecular complexity index is 1070. The van der Waals surface area contributed by atoms with Gasteiger partial charge in [-0.2, -0.15) is 0 Å². The number of carboxylic acid groups (broad SMARTS) is 1. The molecule has 1 N–H and O–H groups in total. The van der Waals surface area contributed by atoms with E-state index in [9.17, 15) is 9.59 Å². The van der Waals surface area contributed by atoms with Crippen LogP contribution in [0, 0.1) is 0 Å². The van der Waals surface area contributed by atoms with E-state index in [1.807, 2.05) is 79.9 Å². The second-order valence-electron chi connectivity index (χ2n) is 8.08. The van der Waals surface area contributed by atoms with Crippen LogP contribution in [0.25, 0.3) is 10.4 Å². The molecule has 1 heterocycles. The van der Waals surface area contributed by atoms with E-state index in [4.69, 9.17) is 11.2 Å². The van der Waals surface area contributed by atoms with Crippen LogP contribution in [-0.4, -0.2) is 34.5 Å². The molecule has 1 unspecified atom stereocenters. The first-order chi connectivity index (χ1) is 16.4. The zero-order chi connectivity index (χ0) is 24.5. The SMILES string of the molecule is [2H]C(c1ccccc1OCCCCCC(=O)O)N(C(=O)c1ccc(-c2cccs2)cc1)C(C)C. The Balaban J connectivity index is 1.71. The summed E-state index contributed by atoms with van der Waals surface area (Å²) in [5, 5.41) is 10.8. The number of hydrogen-bond donors (Lipinski definition) is 1. The number of carbonyl (C=O) groups is 2. The minimum atomic E-state index is -0.923. The average molecular weight is 467 g/mol. The highest BCUT2D eigenvalue weighted by atomic mass is 32.1. The van der Waals surface area contributed by atoms with E-state index in [0.29, 0.717) is 29.9 Å². The van der Waals surface area contributed by atoms with Crippen molar-refractivity contribution in [2.75, 3.05) is 6.61 Å². The van der Waals surface area contributed by atoms with Gasteiger partial charge in [-0.25, -0.2) is 0 Å². The van der Waals surface area contributed by atoms with Gasteiger partial charge in [0.05, 0.1) is 7.98 Å². The zero-order valence-electron chi connectivity index (χ0n) is 20.1. The summed E-state index contributed by atoms with van der Waals surface area (Å²) in [6.07, 6.45) is 2.26. The maximum atomic E-state index is 13.4. The average Bonchev–Trinajstić information content (AvgIpc) is 3.36. The fraction of sp³-hybridized carbons (Fsp3) is 0.333. The lowest BCUT2D eigenvalue weighted by molar-refractivity contribution is -0.137.